The molecule has 0 spiro atoms. The van der Waals surface area contributed by atoms with Crippen LogP contribution < -0.4 is 34.8 Å². The monoisotopic (exact) mass is 264 g/mol. The molecular weight excluding hydrogens is 255 g/mol. The Kier molecular flexibility index (Phi) is 9.47. The van der Waals surface area contributed by atoms with Crippen molar-refractivity contribution in [1.82, 2.24) is 0 Å². The first-order valence-electron chi connectivity index (χ1n) is 4.25. The van der Waals surface area contributed by atoms with Gasteiger partial charge in [-0.1, -0.05) is 12.1 Å². The Bertz CT molecular complexity index is 383. The molecule has 0 aliphatic heterocycles. The van der Waals surface area contributed by atoms with E-state index in [-0.39, 0.29) is 29.6 Å². The van der Waals surface area contributed by atoms with E-state index in [1.54, 1.807) is 30.3 Å². The van der Waals surface area contributed by atoms with Crippen molar-refractivity contribution in [2.75, 3.05) is 7.11 Å². The quantitative estimate of drug-likeness (QED) is 0.155. The first kappa shape index (κ1) is 16.7. The summed E-state index contributed by atoms with van der Waals surface area (Å²) in [6.07, 6.45) is 2.89. The first-order chi connectivity index (χ1) is 7.76. The summed E-state index contributed by atoms with van der Waals surface area (Å²) in [6.45, 7) is 0. The molecule has 0 N–H and O–H groups in total. The molecule has 1 aromatic carbocycles. The van der Waals surface area contributed by atoms with Crippen molar-refractivity contribution < 1.29 is 53.7 Å². The zero-order valence-corrected chi connectivity index (χ0v) is 12.2. The molecule has 0 aromatic heterocycles. The maximum absolute atomic E-state index is 10.8. The average molecular weight is 264 g/mol. The summed E-state index contributed by atoms with van der Waals surface area (Å²) in [5.41, 5.74) is 0.782. The van der Waals surface area contributed by atoms with Crippen molar-refractivity contribution in [2.45, 2.75) is 4.90 Å². The van der Waals surface area contributed by atoms with E-state index in [4.69, 9.17) is 0 Å². The fourth-order valence-corrected chi connectivity index (χ4v) is 1.38. The fourth-order valence-electron chi connectivity index (χ4n) is 0.956. The van der Waals surface area contributed by atoms with E-state index in [0.29, 0.717) is 4.90 Å². The van der Waals surface area contributed by atoms with Crippen LogP contribution in [0.1, 0.15) is 5.56 Å². The van der Waals surface area contributed by atoms with Crippen LogP contribution in [0.15, 0.2) is 35.2 Å². The molecule has 0 aliphatic carbocycles. The van der Waals surface area contributed by atoms with Gasteiger partial charge in [-0.05, 0) is 23.8 Å². The molecule has 1 rings (SSSR count). The van der Waals surface area contributed by atoms with E-state index in [1.165, 1.54) is 13.2 Å². The number of rotatable bonds is 5. The van der Waals surface area contributed by atoms with Crippen LogP contribution in [0.4, 0.5) is 0 Å². The van der Waals surface area contributed by atoms with Gasteiger partial charge in [0.05, 0.1) is 19.2 Å². The number of esters is 1. The summed E-state index contributed by atoms with van der Waals surface area (Å²) < 4.78 is 8.62. The molecule has 0 unspecified atom stereocenters. The van der Waals surface area contributed by atoms with Gasteiger partial charge >= 0.3 is 35.5 Å². The third-order valence-electron chi connectivity index (χ3n) is 1.63. The van der Waals surface area contributed by atoms with Gasteiger partial charge in [0.25, 0.3) is 0 Å². The zero-order chi connectivity index (χ0) is 11.8. The Labute approximate surface area is 125 Å². The van der Waals surface area contributed by atoms with Crippen molar-refractivity contribution in [3.05, 3.63) is 35.9 Å². The Balaban J connectivity index is 0.00000256. The van der Waals surface area contributed by atoms with Gasteiger partial charge in [0.1, 0.15) is 0 Å². The van der Waals surface area contributed by atoms with Crippen LogP contribution in [-0.2, 0) is 18.9 Å². The van der Waals surface area contributed by atoms with Crippen molar-refractivity contribution >= 4 is 24.1 Å². The number of benzene rings is 1. The molecule has 0 saturated carbocycles. The maximum atomic E-state index is 10.8. The molecule has 17 heavy (non-hydrogen) atoms. The molecule has 0 heterocycles. The molecule has 1 aromatic rings. The van der Waals surface area contributed by atoms with Gasteiger partial charge in [-0.25, -0.2) is 4.79 Å². The smallest absolute Gasteiger partial charge is 0.691 e. The summed E-state index contributed by atoms with van der Waals surface area (Å²) in [7, 11) is 1.30. The maximum Gasteiger partial charge on any atom is 1.00 e. The molecule has 0 saturated heterocycles. The van der Waals surface area contributed by atoms with Gasteiger partial charge in [0.2, 0.25) is 0 Å². The van der Waals surface area contributed by atoms with Crippen LogP contribution in [0, 0.1) is 0 Å². The van der Waals surface area contributed by atoms with E-state index >= 15 is 0 Å². The molecule has 7 heteroatoms. The second kappa shape index (κ2) is 9.67. The summed E-state index contributed by atoms with van der Waals surface area (Å²) in [5.74, 6) is -0.433. The summed E-state index contributed by atoms with van der Waals surface area (Å²) in [6, 6.07) is 7.01. The van der Waals surface area contributed by atoms with E-state index in [0.717, 1.165) is 17.6 Å². The number of ether oxygens (including phenoxy) is 1. The predicted octanol–water partition coefficient (Wildman–Crippen LogP) is -1.89. The van der Waals surface area contributed by atoms with Gasteiger partial charge in [0.15, 0.2) is 0 Å². The van der Waals surface area contributed by atoms with Gasteiger partial charge in [-0.15, -0.1) is 0 Å². The summed E-state index contributed by atoms with van der Waals surface area (Å²) >= 11 is 0.790. The number of methoxy groups -OCH3 is 1. The largest absolute Gasteiger partial charge is 1.00 e. The molecule has 0 fully saturated rings. The Morgan fingerprint density at radius 2 is 2.24 bits per heavy atom. The van der Waals surface area contributed by atoms with Crippen molar-refractivity contribution in [1.29, 1.82) is 0 Å². The van der Waals surface area contributed by atoms with Gasteiger partial charge in [-0.3, -0.25) is 5.04 Å². The van der Waals surface area contributed by atoms with Crippen LogP contribution >= 0.6 is 12.0 Å². The Morgan fingerprint density at radius 3 is 2.88 bits per heavy atom. The van der Waals surface area contributed by atoms with E-state index in [9.17, 15) is 10.1 Å². The van der Waals surface area contributed by atoms with Gasteiger partial charge < -0.3 is 9.99 Å². The second-order valence-corrected chi connectivity index (χ2v) is 3.42. The van der Waals surface area contributed by atoms with Crippen LogP contribution in [0.25, 0.3) is 6.08 Å². The van der Waals surface area contributed by atoms with Crippen molar-refractivity contribution in [2.24, 2.45) is 0 Å². The molecule has 0 bridgehead atoms. The SMILES string of the molecule is COC(=O)/C=C/c1cccc(SOO[O-])c1.[Na+]. The van der Waals surface area contributed by atoms with Crippen molar-refractivity contribution in [3.63, 3.8) is 0 Å². The Morgan fingerprint density at radius 1 is 1.47 bits per heavy atom. The van der Waals surface area contributed by atoms with Gasteiger partial charge in [0, 0.05) is 11.0 Å². The minimum atomic E-state index is -0.433. The molecule has 86 valence electrons. The van der Waals surface area contributed by atoms with Crippen molar-refractivity contribution in [3.8, 4) is 0 Å². The van der Waals surface area contributed by atoms with Gasteiger partial charge in [-0.2, -0.15) is 4.33 Å². The summed E-state index contributed by atoms with van der Waals surface area (Å²) in [5, 5.41) is 12.8. The average Bonchev–Trinajstić information content (AvgIpc) is 2.34. The number of hydrogen-bond donors (Lipinski definition) is 0. The van der Waals surface area contributed by atoms with E-state index < -0.39 is 5.97 Å². The molecule has 0 radical (unpaired) electrons. The number of carbonyl (C=O) groups excluding carboxylic acids is 1. The minimum absolute atomic E-state index is 0. The molecule has 5 nitrogen and oxygen atoms in total. The van der Waals surface area contributed by atoms with Crippen LogP contribution in [0.2, 0.25) is 0 Å². The topological polar surface area (TPSA) is 67.8 Å². The zero-order valence-electron chi connectivity index (χ0n) is 9.41. The molecule has 0 aliphatic rings. The fraction of sp³-hybridized carbons (Fsp3) is 0.100. The molecule has 0 amide bonds. The Hall–Kier alpha value is -0.340. The third kappa shape index (κ3) is 6.85. The summed E-state index contributed by atoms with van der Waals surface area (Å²) in [4.78, 5) is 11.5. The standard InChI is InChI=1S/C10H10O5S.Na/c1-13-10(11)6-5-8-3-2-4-9(7-8)16-15-14-12;/h2-7,12H,1H3;/q;+1/p-1/b6-5+;. The van der Waals surface area contributed by atoms with Crippen LogP contribution in [0.5, 0.6) is 0 Å². The predicted molar refractivity (Wildman–Crippen MR) is 55.5 cm³/mol. The molecular formula is C10H9NaO5S. The van der Waals surface area contributed by atoms with E-state index in [2.05, 4.69) is 14.1 Å². The normalized spacial score (nSPS) is 10.0. The minimum Gasteiger partial charge on any atom is -0.691 e. The van der Waals surface area contributed by atoms with Crippen LogP contribution in [0.3, 0.4) is 0 Å². The molecule has 0 atom stereocenters. The second-order valence-electron chi connectivity index (χ2n) is 2.65. The van der Waals surface area contributed by atoms with E-state index in [1.807, 2.05) is 0 Å². The first-order valence-corrected chi connectivity index (χ1v) is 4.99. The number of carbonyl (C=O) groups is 1. The number of hydrogen-bond acceptors (Lipinski definition) is 6. The third-order valence-corrected chi connectivity index (χ3v) is 2.20. The van der Waals surface area contributed by atoms with Crippen LogP contribution in [-0.4, -0.2) is 13.1 Å².